The Kier molecular flexibility index (Phi) is 12.7. The largest absolute Gasteiger partial charge is 0.505 e. The molecule has 0 aliphatic carbocycles. The number of hydrogen-bond donors (Lipinski definition) is 4. The molecule has 0 fully saturated rings. The number of phenolic OH excluding ortho intramolecular Hbond substituents is 1. The second-order valence-electron chi connectivity index (χ2n) is 16.3. The topological polar surface area (TPSA) is 313 Å². The van der Waals surface area contributed by atoms with Crippen molar-refractivity contribution in [3.05, 3.63) is 150 Å². The molecule has 9 aromatic rings. The van der Waals surface area contributed by atoms with Crippen molar-refractivity contribution in [3.63, 3.8) is 0 Å². The van der Waals surface area contributed by atoms with E-state index in [2.05, 4.69) is 51.1 Å². The molecule has 362 valence electrons. The first kappa shape index (κ1) is 48.6. The van der Waals surface area contributed by atoms with E-state index < -0.39 is 40.1 Å². The minimum Gasteiger partial charge on any atom is -0.505 e. The SMILES string of the molecule is Cc1cc(N=Nc2cc(C)c(N=Nc3ccc4cc(-n5nc6ccc7c(S(=O)(=O)O)cc(S(=O)(=O)O)cc7c6n5)ccc4c3O)cc2C)ccc1N=Nc1ccc(N=Nc2ccccc2S(=O)(=O)O)c(C)c1. The van der Waals surface area contributed by atoms with Gasteiger partial charge in [0.1, 0.15) is 32.2 Å². The van der Waals surface area contributed by atoms with Crippen LogP contribution >= 0.6 is 0 Å². The molecule has 24 heteroatoms. The Bertz CT molecular complexity index is 4220. The number of fused-ring (bicyclic) bond motifs is 4. The van der Waals surface area contributed by atoms with Gasteiger partial charge in [0.15, 0.2) is 5.75 Å². The van der Waals surface area contributed by atoms with Gasteiger partial charge in [0.2, 0.25) is 0 Å². The van der Waals surface area contributed by atoms with Gasteiger partial charge in [-0.25, -0.2) is 0 Å². The van der Waals surface area contributed by atoms with Crippen molar-refractivity contribution in [2.45, 2.75) is 42.4 Å². The predicted octanol–water partition coefficient (Wildman–Crippen LogP) is 13.1. The first-order valence-corrected chi connectivity index (χ1v) is 25.5. The molecule has 0 saturated carbocycles. The monoisotopic (exact) mass is 1020 g/mol. The van der Waals surface area contributed by atoms with Crippen molar-refractivity contribution in [2.24, 2.45) is 40.9 Å². The lowest BCUT2D eigenvalue weighted by Crippen LogP contribution is -2.04. The van der Waals surface area contributed by atoms with Gasteiger partial charge < -0.3 is 5.11 Å². The molecular weight excluding hydrogens is 987 g/mol. The van der Waals surface area contributed by atoms with Crippen LogP contribution < -0.4 is 0 Å². The van der Waals surface area contributed by atoms with Gasteiger partial charge in [0.25, 0.3) is 30.4 Å². The minimum absolute atomic E-state index is 0.00313. The first-order valence-electron chi connectivity index (χ1n) is 21.2. The van der Waals surface area contributed by atoms with E-state index in [1.54, 1.807) is 73.7 Å². The molecule has 4 N–H and O–H groups in total. The molecule has 0 aliphatic rings. The quantitative estimate of drug-likeness (QED) is 0.0656. The second kappa shape index (κ2) is 18.7. The van der Waals surface area contributed by atoms with Crippen molar-refractivity contribution in [1.29, 1.82) is 0 Å². The smallest absolute Gasteiger partial charge is 0.296 e. The number of phenols is 1. The molecule has 0 aliphatic heterocycles. The van der Waals surface area contributed by atoms with Gasteiger partial charge in [-0.1, -0.05) is 24.3 Å². The molecule has 9 rings (SSSR count). The molecule has 0 atom stereocenters. The lowest BCUT2D eigenvalue weighted by atomic mass is 10.1. The Morgan fingerprint density at radius 2 is 0.958 bits per heavy atom. The second-order valence-corrected chi connectivity index (χ2v) is 20.5. The molecule has 0 radical (unpaired) electrons. The van der Waals surface area contributed by atoms with Crippen LogP contribution in [0.3, 0.4) is 0 Å². The highest BCUT2D eigenvalue weighted by Crippen LogP contribution is 2.39. The Morgan fingerprint density at radius 3 is 1.57 bits per heavy atom. The third-order valence-electron chi connectivity index (χ3n) is 11.3. The number of rotatable bonds is 12. The molecular formula is C48H37N11O10S3. The zero-order valence-corrected chi connectivity index (χ0v) is 40.5. The molecule has 72 heavy (non-hydrogen) atoms. The van der Waals surface area contributed by atoms with Crippen molar-refractivity contribution in [3.8, 4) is 11.4 Å². The summed E-state index contributed by atoms with van der Waals surface area (Å²) in [6.07, 6.45) is 0. The summed E-state index contributed by atoms with van der Waals surface area (Å²) >= 11 is 0. The molecule has 1 heterocycles. The van der Waals surface area contributed by atoms with E-state index in [-0.39, 0.29) is 43.8 Å². The highest BCUT2D eigenvalue weighted by Gasteiger charge is 2.23. The van der Waals surface area contributed by atoms with E-state index in [4.69, 9.17) is 0 Å². The number of aromatic nitrogens is 3. The molecule has 0 saturated heterocycles. The number of hydrogen-bond acceptors (Lipinski definition) is 17. The molecule has 8 aromatic carbocycles. The predicted molar refractivity (Wildman–Crippen MR) is 266 cm³/mol. The standard InChI is InChI=1S/C48H37N11O10S3/c1-26-19-32(10-16-38(26)51-49-31-11-17-39(27(2)20-31)52-53-40-7-5-6-8-45(40)71(64,65)66)50-55-43-21-29(4)44(22-28(43)3)56-54-42-15-9-30-23-33(12-13-35(30)48(42)60)59-57-41-18-14-36-37(47(41)58-59)24-34(70(61,62)63)25-46(36)72(67,68)69/h5-25,60H,1-4H3,(H,61,62,63)(H,64,65,66)(H,67,68,69). The molecule has 0 amide bonds. The molecule has 21 nitrogen and oxygen atoms in total. The van der Waals surface area contributed by atoms with Crippen LogP contribution in [0.1, 0.15) is 22.3 Å². The van der Waals surface area contributed by atoms with Crippen molar-refractivity contribution < 1.29 is 44.0 Å². The van der Waals surface area contributed by atoms with Gasteiger partial charge in [-0.15, -0.1) is 20.4 Å². The summed E-state index contributed by atoms with van der Waals surface area (Å²) in [6.45, 7) is 7.38. The average Bonchev–Trinajstić information content (AvgIpc) is 3.78. The Labute approximate surface area is 409 Å². The third kappa shape index (κ3) is 10.1. The summed E-state index contributed by atoms with van der Waals surface area (Å²) in [4.78, 5) is -0.585. The maximum absolute atomic E-state index is 12.2. The molecule has 0 bridgehead atoms. The van der Waals surface area contributed by atoms with E-state index in [1.165, 1.54) is 35.1 Å². The van der Waals surface area contributed by atoms with Crippen molar-refractivity contribution >= 4 is 108 Å². The van der Waals surface area contributed by atoms with Gasteiger partial charge in [-0.2, -0.15) is 60.7 Å². The van der Waals surface area contributed by atoms with E-state index in [9.17, 15) is 44.0 Å². The summed E-state index contributed by atoms with van der Waals surface area (Å²) < 4.78 is 101. The molecule has 0 spiro atoms. The van der Waals surface area contributed by atoms with Gasteiger partial charge in [-0.05, 0) is 158 Å². The maximum Gasteiger partial charge on any atom is 0.296 e. The van der Waals surface area contributed by atoms with Crippen LogP contribution in [0.5, 0.6) is 5.75 Å². The lowest BCUT2D eigenvalue weighted by Gasteiger charge is -2.07. The van der Waals surface area contributed by atoms with E-state index in [0.717, 1.165) is 22.8 Å². The van der Waals surface area contributed by atoms with Gasteiger partial charge in [0.05, 0.1) is 44.7 Å². The van der Waals surface area contributed by atoms with E-state index in [1.807, 2.05) is 39.0 Å². The van der Waals surface area contributed by atoms with Crippen LogP contribution in [0.2, 0.25) is 0 Å². The minimum atomic E-state index is -4.91. The van der Waals surface area contributed by atoms with Crippen LogP contribution in [0.25, 0.3) is 38.3 Å². The lowest BCUT2D eigenvalue weighted by molar-refractivity contribution is 0.479. The number of azo groups is 4. The molecule has 1 aromatic heterocycles. The first-order chi connectivity index (χ1) is 34.1. The fourth-order valence-electron chi connectivity index (χ4n) is 7.55. The fraction of sp³-hybridized carbons (Fsp3) is 0.0833. The summed E-state index contributed by atoms with van der Waals surface area (Å²) in [5.41, 5.74) is 7.40. The van der Waals surface area contributed by atoms with Crippen LogP contribution in [0.15, 0.2) is 183 Å². The fourth-order valence-corrected chi connectivity index (χ4v) is 9.52. The highest BCUT2D eigenvalue weighted by atomic mass is 32.2. The number of nitrogens with zero attached hydrogens (tertiary/aromatic N) is 11. The Hall–Kier alpha value is -8.39. The van der Waals surface area contributed by atoms with Gasteiger partial charge >= 0.3 is 0 Å². The Morgan fingerprint density at radius 1 is 0.431 bits per heavy atom. The zero-order chi connectivity index (χ0) is 51.3. The van der Waals surface area contributed by atoms with E-state index >= 15 is 0 Å². The summed E-state index contributed by atoms with van der Waals surface area (Å²) in [6, 6.07) is 32.6. The van der Waals surface area contributed by atoms with Crippen LogP contribution in [0, 0.1) is 27.7 Å². The van der Waals surface area contributed by atoms with Crippen LogP contribution in [-0.4, -0.2) is 59.0 Å². The maximum atomic E-state index is 12.2. The van der Waals surface area contributed by atoms with Crippen molar-refractivity contribution in [2.75, 3.05) is 0 Å². The Balaban J connectivity index is 0.881. The van der Waals surface area contributed by atoms with Crippen LogP contribution in [0.4, 0.5) is 45.5 Å². The van der Waals surface area contributed by atoms with Gasteiger partial charge in [-0.3, -0.25) is 13.7 Å². The number of benzene rings is 8. The normalized spacial score (nSPS) is 12.8. The number of aromatic hydroxyl groups is 1. The number of aryl methyl sites for hydroxylation is 4. The summed E-state index contributed by atoms with van der Waals surface area (Å²) in [5.74, 6) is -0.139. The zero-order valence-electron chi connectivity index (χ0n) is 38.0. The van der Waals surface area contributed by atoms with Crippen LogP contribution in [-0.2, 0) is 30.4 Å². The van der Waals surface area contributed by atoms with Gasteiger partial charge in [0, 0.05) is 16.2 Å². The summed E-state index contributed by atoms with van der Waals surface area (Å²) in [7, 11) is -14.3. The van der Waals surface area contributed by atoms with Crippen molar-refractivity contribution in [1.82, 2.24) is 15.0 Å². The molecule has 0 unspecified atom stereocenters. The third-order valence-corrected chi connectivity index (χ3v) is 13.9. The summed E-state index contributed by atoms with van der Waals surface area (Å²) in [5, 5.41) is 55.9. The highest BCUT2D eigenvalue weighted by molar-refractivity contribution is 7.87. The average molecular weight is 1020 g/mol. The van der Waals surface area contributed by atoms with E-state index in [0.29, 0.717) is 62.2 Å².